The van der Waals surface area contributed by atoms with Crippen molar-refractivity contribution in [3.05, 3.63) is 29.7 Å². The summed E-state index contributed by atoms with van der Waals surface area (Å²) in [6.07, 6.45) is 2.37. The number of nitrogens with two attached hydrogens (primary N) is 1. The number of nitrogens with one attached hydrogen (secondary N) is 1. The molecule has 0 spiro atoms. The first-order valence-corrected chi connectivity index (χ1v) is 6.14. The molecule has 0 aromatic carbocycles. The highest BCUT2D eigenvalue weighted by molar-refractivity contribution is 5.39. The molecule has 1 fully saturated rings. The first-order chi connectivity index (χ1) is 8.38. The summed E-state index contributed by atoms with van der Waals surface area (Å²) in [6, 6.07) is 5.95. The minimum atomic E-state index is 0.439. The molecule has 0 radical (unpaired) electrons. The van der Waals surface area contributed by atoms with Gasteiger partial charge in [-0.2, -0.15) is 5.10 Å². The van der Waals surface area contributed by atoms with Crippen molar-refractivity contribution in [3.63, 3.8) is 0 Å². The van der Waals surface area contributed by atoms with E-state index in [9.17, 15) is 0 Å². The number of piperidine rings is 1. The van der Waals surface area contributed by atoms with Crippen molar-refractivity contribution in [2.24, 2.45) is 5.73 Å². The lowest BCUT2D eigenvalue weighted by Crippen LogP contribution is -2.29. The van der Waals surface area contributed by atoms with Gasteiger partial charge < -0.3 is 11.1 Å². The predicted molar refractivity (Wildman–Crippen MR) is 65.7 cm³/mol. The Hall–Kier alpha value is -1.46. The predicted octanol–water partition coefficient (Wildman–Crippen LogP) is 0.655. The second kappa shape index (κ2) is 4.43. The highest BCUT2D eigenvalue weighted by atomic mass is 15.3. The summed E-state index contributed by atoms with van der Waals surface area (Å²) >= 11 is 0. The van der Waals surface area contributed by atoms with Gasteiger partial charge in [0.1, 0.15) is 0 Å². The second-order valence-electron chi connectivity index (χ2n) is 4.50. The van der Waals surface area contributed by atoms with E-state index in [0.29, 0.717) is 12.5 Å². The summed E-state index contributed by atoms with van der Waals surface area (Å²) < 4.78 is 1.87. The third-order valence-corrected chi connectivity index (χ3v) is 3.33. The van der Waals surface area contributed by atoms with E-state index in [-0.39, 0.29) is 0 Å². The molecule has 1 unspecified atom stereocenters. The molecular formula is C12H17N5. The number of pyridine rings is 1. The molecule has 1 atom stereocenters. The highest BCUT2D eigenvalue weighted by Crippen LogP contribution is 2.21. The maximum Gasteiger partial charge on any atom is 0.156 e. The number of fused-ring (bicyclic) bond motifs is 1. The Morgan fingerprint density at radius 2 is 2.41 bits per heavy atom. The van der Waals surface area contributed by atoms with Gasteiger partial charge in [0.05, 0.1) is 5.69 Å². The molecular weight excluding hydrogens is 214 g/mol. The lowest BCUT2D eigenvalue weighted by atomic mass is 9.99. The van der Waals surface area contributed by atoms with Gasteiger partial charge in [-0.15, -0.1) is 0 Å². The van der Waals surface area contributed by atoms with E-state index in [4.69, 9.17) is 5.73 Å². The molecule has 5 heteroatoms. The van der Waals surface area contributed by atoms with Crippen molar-refractivity contribution in [1.29, 1.82) is 0 Å². The first-order valence-electron chi connectivity index (χ1n) is 6.14. The molecule has 1 saturated heterocycles. The van der Waals surface area contributed by atoms with Crippen LogP contribution in [0.5, 0.6) is 0 Å². The average Bonchev–Trinajstić information content (AvgIpc) is 2.83. The molecule has 3 rings (SSSR count). The van der Waals surface area contributed by atoms with Crippen molar-refractivity contribution < 1.29 is 0 Å². The normalized spacial score (nSPS) is 20.9. The SMILES string of the molecule is NCc1cccc2nc(C3CCCNC3)nn12. The van der Waals surface area contributed by atoms with Crippen molar-refractivity contribution >= 4 is 5.65 Å². The third kappa shape index (κ3) is 1.92. The van der Waals surface area contributed by atoms with Crippen molar-refractivity contribution in [3.8, 4) is 0 Å². The Morgan fingerprint density at radius 1 is 1.47 bits per heavy atom. The van der Waals surface area contributed by atoms with Crippen LogP contribution >= 0.6 is 0 Å². The standard InChI is InChI=1S/C12H17N5/c13-7-10-4-1-5-11-15-12(16-17(10)11)9-3-2-6-14-8-9/h1,4-5,9,14H,2-3,6-8,13H2. The van der Waals surface area contributed by atoms with Crippen LogP contribution in [0, 0.1) is 0 Å². The fourth-order valence-electron chi connectivity index (χ4n) is 2.38. The Morgan fingerprint density at radius 3 is 3.18 bits per heavy atom. The van der Waals surface area contributed by atoms with E-state index < -0.39 is 0 Å². The number of nitrogens with zero attached hydrogens (tertiary/aromatic N) is 3. The summed E-state index contributed by atoms with van der Waals surface area (Å²) in [5.74, 6) is 1.38. The number of hydrogen-bond acceptors (Lipinski definition) is 4. The zero-order valence-corrected chi connectivity index (χ0v) is 9.76. The number of aromatic nitrogens is 3. The lowest BCUT2D eigenvalue weighted by molar-refractivity contribution is 0.446. The molecule has 0 aliphatic carbocycles. The Labute approximate surface area is 100 Å². The summed E-state index contributed by atoms with van der Waals surface area (Å²) in [7, 11) is 0. The fraction of sp³-hybridized carbons (Fsp3) is 0.500. The maximum atomic E-state index is 5.70. The molecule has 90 valence electrons. The van der Waals surface area contributed by atoms with E-state index in [1.54, 1.807) is 0 Å². The van der Waals surface area contributed by atoms with Crippen LogP contribution in [0.25, 0.3) is 5.65 Å². The minimum absolute atomic E-state index is 0.439. The number of rotatable bonds is 2. The van der Waals surface area contributed by atoms with Crippen molar-refractivity contribution in [1.82, 2.24) is 19.9 Å². The zero-order valence-electron chi connectivity index (χ0n) is 9.76. The van der Waals surface area contributed by atoms with Gasteiger partial charge in [-0.05, 0) is 31.5 Å². The van der Waals surface area contributed by atoms with E-state index in [1.807, 2.05) is 22.7 Å². The molecule has 2 aromatic rings. The molecule has 2 aromatic heterocycles. The smallest absolute Gasteiger partial charge is 0.156 e. The van der Waals surface area contributed by atoms with E-state index >= 15 is 0 Å². The van der Waals surface area contributed by atoms with Crippen molar-refractivity contribution in [2.45, 2.75) is 25.3 Å². The minimum Gasteiger partial charge on any atom is -0.325 e. The lowest BCUT2D eigenvalue weighted by Gasteiger charge is -2.19. The van der Waals surface area contributed by atoms with Crippen LogP contribution in [-0.4, -0.2) is 27.7 Å². The average molecular weight is 231 g/mol. The van der Waals surface area contributed by atoms with E-state index in [0.717, 1.165) is 30.3 Å². The van der Waals surface area contributed by atoms with Gasteiger partial charge in [-0.3, -0.25) is 0 Å². The van der Waals surface area contributed by atoms with Gasteiger partial charge in [-0.25, -0.2) is 9.50 Å². The Bertz CT molecular complexity index is 513. The molecule has 0 amide bonds. The number of hydrogen-bond donors (Lipinski definition) is 2. The monoisotopic (exact) mass is 231 g/mol. The van der Waals surface area contributed by atoms with Gasteiger partial charge in [-0.1, -0.05) is 6.07 Å². The van der Waals surface area contributed by atoms with Crippen LogP contribution < -0.4 is 11.1 Å². The summed E-state index contributed by atoms with van der Waals surface area (Å²) in [6.45, 7) is 2.58. The van der Waals surface area contributed by atoms with Crippen LogP contribution in [0.4, 0.5) is 0 Å². The molecule has 17 heavy (non-hydrogen) atoms. The Balaban J connectivity index is 2.00. The first kappa shape index (κ1) is 10.7. The van der Waals surface area contributed by atoms with Crippen LogP contribution in [0.3, 0.4) is 0 Å². The molecule has 1 aliphatic heterocycles. The van der Waals surface area contributed by atoms with Gasteiger partial charge in [0.25, 0.3) is 0 Å². The van der Waals surface area contributed by atoms with Crippen LogP contribution in [0.15, 0.2) is 18.2 Å². The van der Waals surface area contributed by atoms with Gasteiger partial charge in [0.2, 0.25) is 0 Å². The summed E-state index contributed by atoms with van der Waals surface area (Å²) in [4.78, 5) is 4.60. The van der Waals surface area contributed by atoms with E-state index in [2.05, 4.69) is 15.4 Å². The maximum absolute atomic E-state index is 5.70. The molecule has 0 bridgehead atoms. The quantitative estimate of drug-likeness (QED) is 0.796. The summed E-state index contributed by atoms with van der Waals surface area (Å²) in [5.41, 5.74) is 7.60. The summed E-state index contributed by atoms with van der Waals surface area (Å²) in [5, 5.41) is 7.99. The van der Waals surface area contributed by atoms with Gasteiger partial charge in [0, 0.05) is 19.0 Å². The zero-order chi connectivity index (χ0) is 11.7. The highest BCUT2D eigenvalue weighted by Gasteiger charge is 2.19. The topological polar surface area (TPSA) is 68.2 Å². The molecule has 1 aliphatic rings. The molecule has 0 saturated carbocycles. The molecule has 3 heterocycles. The van der Waals surface area contributed by atoms with Crippen LogP contribution in [-0.2, 0) is 6.54 Å². The van der Waals surface area contributed by atoms with Crippen LogP contribution in [0.2, 0.25) is 0 Å². The van der Waals surface area contributed by atoms with Gasteiger partial charge >= 0.3 is 0 Å². The largest absolute Gasteiger partial charge is 0.325 e. The van der Waals surface area contributed by atoms with Crippen LogP contribution in [0.1, 0.15) is 30.3 Å². The molecule has 5 nitrogen and oxygen atoms in total. The fourth-order valence-corrected chi connectivity index (χ4v) is 2.38. The Kier molecular flexibility index (Phi) is 2.78. The second-order valence-corrected chi connectivity index (χ2v) is 4.50. The molecule has 3 N–H and O–H groups in total. The van der Waals surface area contributed by atoms with Crippen molar-refractivity contribution in [2.75, 3.05) is 13.1 Å². The van der Waals surface area contributed by atoms with Gasteiger partial charge in [0.15, 0.2) is 11.5 Å². The third-order valence-electron chi connectivity index (χ3n) is 3.33. The van der Waals surface area contributed by atoms with E-state index in [1.165, 1.54) is 12.8 Å².